The average molecular weight is 325 g/mol. The lowest BCUT2D eigenvalue weighted by Crippen LogP contribution is -2.24. The van der Waals surface area contributed by atoms with Gasteiger partial charge in [0.25, 0.3) is 5.91 Å². The molecule has 0 atom stereocenters. The van der Waals surface area contributed by atoms with Gasteiger partial charge in [-0.2, -0.15) is 0 Å². The highest BCUT2D eigenvalue weighted by Crippen LogP contribution is 2.16. The molecule has 120 valence electrons. The van der Waals surface area contributed by atoms with Gasteiger partial charge in [0.2, 0.25) is 0 Å². The number of amides is 1. The van der Waals surface area contributed by atoms with Gasteiger partial charge in [0.05, 0.1) is 23.5 Å². The second-order valence-electron chi connectivity index (χ2n) is 5.07. The van der Waals surface area contributed by atoms with Gasteiger partial charge in [0, 0.05) is 11.6 Å². The Hall–Kier alpha value is -3.15. The summed E-state index contributed by atoms with van der Waals surface area (Å²) in [6, 6.07) is 14.1. The Morgan fingerprint density at radius 2 is 1.79 bits per heavy atom. The number of halogens is 2. The van der Waals surface area contributed by atoms with Gasteiger partial charge in [-0.15, -0.1) is 0 Å². The van der Waals surface area contributed by atoms with Crippen molar-refractivity contribution in [2.24, 2.45) is 0 Å². The fourth-order valence-electron chi connectivity index (χ4n) is 2.20. The first-order valence-electron chi connectivity index (χ1n) is 7.23. The van der Waals surface area contributed by atoms with Crippen molar-refractivity contribution in [1.29, 1.82) is 0 Å². The summed E-state index contributed by atoms with van der Waals surface area (Å²) in [6.07, 6.45) is 1.41. The van der Waals surface area contributed by atoms with Gasteiger partial charge in [0.15, 0.2) is 0 Å². The van der Waals surface area contributed by atoms with Crippen LogP contribution in [0.4, 0.5) is 8.78 Å². The van der Waals surface area contributed by atoms with Crippen LogP contribution in [-0.4, -0.2) is 15.9 Å². The zero-order valence-corrected chi connectivity index (χ0v) is 12.5. The number of carbonyl (C=O) groups excluding carboxylic acids is 1. The Bertz CT molecular complexity index is 869. The van der Waals surface area contributed by atoms with Crippen LogP contribution in [0.3, 0.4) is 0 Å². The third-order valence-corrected chi connectivity index (χ3v) is 3.40. The molecule has 1 N–H and O–H groups in total. The molecule has 6 heteroatoms. The standard InChI is InChI=1S/C18H13F2N3O/c19-13-6-7-15(16(20)8-13)18(24)21-10-14-9-17(23-11-22-14)12-4-2-1-3-5-12/h1-9,11H,10H2,(H,21,24). The molecule has 3 aromatic rings. The van der Waals surface area contributed by atoms with Gasteiger partial charge >= 0.3 is 0 Å². The van der Waals surface area contributed by atoms with E-state index in [9.17, 15) is 13.6 Å². The minimum atomic E-state index is -0.903. The van der Waals surface area contributed by atoms with Crippen LogP contribution in [0.1, 0.15) is 16.1 Å². The maximum atomic E-state index is 13.6. The van der Waals surface area contributed by atoms with Crippen LogP contribution in [0.2, 0.25) is 0 Å². The summed E-state index contributed by atoms with van der Waals surface area (Å²) in [5.74, 6) is -2.26. The Balaban J connectivity index is 1.72. The normalized spacial score (nSPS) is 10.4. The van der Waals surface area contributed by atoms with Gasteiger partial charge in [-0.3, -0.25) is 4.79 Å². The van der Waals surface area contributed by atoms with Crippen LogP contribution < -0.4 is 5.32 Å². The summed E-state index contributed by atoms with van der Waals surface area (Å²) in [4.78, 5) is 20.3. The molecule has 0 unspecified atom stereocenters. The number of aromatic nitrogens is 2. The summed E-state index contributed by atoms with van der Waals surface area (Å²) < 4.78 is 26.5. The van der Waals surface area contributed by atoms with Crippen molar-refractivity contribution in [1.82, 2.24) is 15.3 Å². The van der Waals surface area contributed by atoms with E-state index in [2.05, 4.69) is 15.3 Å². The van der Waals surface area contributed by atoms with Gasteiger partial charge in [-0.25, -0.2) is 18.7 Å². The molecule has 3 rings (SSSR count). The molecule has 0 saturated carbocycles. The summed E-state index contributed by atoms with van der Waals surface area (Å²) >= 11 is 0. The van der Waals surface area contributed by atoms with Crippen LogP contribution in [0.25, 0.3) is 11.3 Å². The lowest BCUT2D eigenvalue weighted by Gasteiger charge is -2.07. The van der Waals surface area contributed by atoms with E-state index in [-0.39, 0.29) is 12.1 Å². The number of carbonyl (C=O) groups is 1. The second-order valence-corrected chi connectivity index (χ2v) is 5.07. The molecule has 0 saturated heterocycles. The van der Waals surface area contributed by atoms with Crippen LogP contribution in [0, 0.1) is 11.6 Å². The van der Waals surface area contributed by atoms with Crippen LogP contribution in [0.15, 0.2) is 60.9 Å². The minimum Gasteiger partial charge on any atom is -0.346 e. The van der Waals surface area contributed by atoms with Crippen molar-refractivity contribution < 1.29 is 13.6 Å². The molecule has 0 aliphatic carbocycles. The fourth-order valence-corrected chi connectivity index (χ4v) is 2.20. The monoisotopic (exact) mass is 325 g/mol. The Morgan fingerprint density at radius 1 is 1.00 bits per heavy atom. The molecule has 24 heavy (non-hydrogen) atoms. The molecule has 4 nitrogen and oxygen atoms in total. The van der Waals surface area contributed by atoms with Crippen molar-refractivity contribution in [2.45, 2.75) is 6.54 Å². The Labute approximate surface area is 137 Å². The molecular formula is C18H13F2N3O. The van der Waals surface area contributed by atoms with Crippen molar-refractivity contribution in [2.75, 3.05) is 0 Å². The Morgan fingerprint density at radius 3 is 2.54 bits per heavy atom. The minimum absolute atomic E-state index is 0.109. The van der Waals surface area contributed by atoms with Gasteiger partial charge in [-0.1, -0.05) is 30.3 Å². The molecule has 0 aliphatic rings. The summed E-state index contributed by atoms with van der Waals surface area (Å²) in [5.41, 5.74) is 2.02. The van der Waals surface area contributed by atoms with Crippen molar-refractivity contribution in [3.05, 3.63) is 83.8 Å². The Kier molecular flexibility index (Phi) is 4.56. The first-order valence-corrected chi connectivity index (χ1v) is 7.23. The lowest BCUT2D eigenvalue weighted by atomic mass is 10.1. The topological polar surface area (TPSA) is 54.9 Å². The number of hydrogen-bond donors (Lipinski definition) is 1. The van der Waals surface area contributed by atoms with E-state index in [0.717, 1.165) is 23.4 Å². The molecule has 1 heterocycles. The molecule has 1 aromatic heterocycles. The molecule has 1 amide bonds. The van der Waals surface area contributed by atoms with E-state index in [1.807, 2.05) is 30.3 Å². The summed E-state index contributed by atoms with van der Waals surface area (Å²) in [6.45, 7) is 0.109. The highest BCUT2D eigenvalue weighted by Gasteiger charge is 2.12. The van der Waals surface area contributed by atoms with Crippen molar-refractivity contribution in [3.8, 4) is 11.3 Å². The van der Waals surface area contributed by atoms with Crippen molar-refractivity contribution in [3.63, 3.8) is 0 Å². The third-order valence-electron chi connectivity index (χ3n) is 3.40. The number of nitrogens with zero attached hydrogens (tertiary/aromatic N) is 2. The largest absolute Gasteiger partial charge is 0.346 e. The predicted octanol–water partition coefficient (Wildman–Crippen LogP) is 3.35. The first-order chi connectivity index (χ1) is 11.6. The van der Waals surface area contributed by atoms with Crippen LogP contribution >= 0.6 is 0 Å². The summed E-state index contributed by atoms with van der Waals surface area (Å²) in [5, 5.41) is 2.56. The fraction of sp³-hybridized carbons (Fsp3) is 0.0556. The van der Waals surface area contributed by atoms with Crippen LogP contribution in [0.5, 0.6) is 0 Å². The third kappa shape index (κ3) is 3.60. The first kappa shape index (κ1) is 15.7. The number of hydrogen-bond acceptors (Lipinski definition) is 3. The van der Waals surface area contributed by atoms with E-state index in [0.29, 0.717) is 11.8 Å². The maximum absolute atomic E-state index is 13.6. The quantitative estimate of drug-likeness (QED) is 0.800. The average Bonchev–Trinajstić information content (AvgIpc) is 2.61. The lowest BCUT2D eigenvalue weighted by molar-refractivity contribution is 0.0946. The number of benzene rings is 2. The second kappa shape index (κ2) is 6.95. The van der Waals surface area contributed by atoms with Gasteiger partial charge in [-0.05, 0) is 18.2 Å². The van der Waals surface area contributed by atoms with E-state index in [1.165, 1.54) is 6.33 Å². The molecule has 0 radical (unpaired) electrons. The highest BCUT2D eigenvalue weighted by atomic mass is 19.1. The molecule has 0 aliphatic heterocycles. The van der Waals surface area contributed by atoms with Gasteiger partial charge in [0.1, 0.15) is 18.0 Å². The smallest absolute Gasteiger partial charge is 0.254 e. The molecule has 0 spiro atoms. The SMILES string of the molecule is O=C(NCc1cc(-c2ccccc2)ncn1)c1ccc(F)cc1F. The maximum Gasteiger partial charge on any atom is 0.254 e. The van der Waals surface area contributed by atoms with Crippen LogP contribution in [-0.2, 0) is 6.54 Å². The molecule has 0 fully saturated rings. The van der Waals surface area contributed by atoms with Gasteiger partial charge < -0.3 is 5.32 Å². The summed E-state index contributed by atoms with van der Waals surface area (Å²) in [7, 11) is 0. The van der Waals surface area contributed by atoms with E-state index in [4.69, 9.17) is 0 Å². The molecule has 0 bridgehead atoms. The van der Waals surface area contributed by atoms with Crippen molar-refractivity contribution >= 4 is 5.91 Å². The van der Waals surface area contributed by atoms with E-state index >= 15 is 0 Å². The van der Waals surface area contributed by atoms with E-state index in [1.54, 1.807) is 6.07 Å². The highest BCUT2D eigenvalue weighted by molar-refractivity contribution is 5.94. The molecule has 2 aromatic carbocycles. The molecular weight excluding hydrogens is 312 g/mol. The zero-order chi connectivity index (χ0) is 16.9. The number of nitrogens with one attached hydrogen (secondary N) is 1. The van der Waals surface area contributed by atoms with E-state index < -0.39 is 17.5 Å². The number of rotatable bonds is 4. The predicted molar refractivity (Wildman–Crippen MR) is 85.0 cm³/mol. The zero-order valence-electron chi connectivity index (χ0n) is 12.5.